The van der Waals surface area contributed by atoms with Gasteiger partial charge in [0.05, 0.1) is 6.54 Å². The zero-order chi connectivity index (χ0) is 24.3. The number of azide groups is 1. The van der Waals surface area contributed by atoms with Crippen LogP contribution in [0.15, 0.2) is 58.6 Å². The fourth-order valence-corrected chi connectivity index (χ4v) is 5.06. The molecule has 10 heteroatoms. The molecule has 1 aliphatic carbocycles. The Morgan fingerprint density at radius 1 is 1.20 bits per heavy atom. The van der Waals surface area contributed by atoms with E-state index in [1.165, 1.54) is 0 Å². The molecule has 1 spiro atoms. The van der Waals surface area contributed by atoms with Crippen molar-refractivity contribution in [2.45, 2.75) is 63.6 Å². The second kappa shape index (κ2) is 9.68. The lowest BCUT2D eigenvalue weighted by Crippen LogP contribution is -2.41. The Labute approximate surface area is 203 Å². The zero-order valence-corrected chi connectivity index (χ0v) is 19.6. The van der Waals surface area contributed by atoms with Crippen molar-refractivity contribution >= 4 is 11.7 Å². The van der Waals surface area contributed by atoms with E-state index < -0.39 is 5.54 Å². The highest BCUT2D eigenvalue weighted by atomic mass is 16.2. The quantitative estimate of drug-likeness (QED) is 0.280. The molecule has 35 heavy (non-hydrogen) atoms. The highest BCUT2D eigenvalue weighted by Crippen LogP contribution is 2.41. The first-order chi connectivity index (χ1) is 17.1. The number of hydrogen-bond acceptors (Lipinski definition) is 6. The van der Waals surface area contributed by atoms with Gasteiger partial charge in [0.25, 0.3) is 5.91 Å². The molecule has 1 N–H and O–H groups in total. The summed E-state index contributed by atoms with van der Waals surface area (Å²) in [6.07, 6.45) is 4.60. The summed E-state index contributed by atoms with van der Waals surface area (Å²) in [5, 5.41) is 18.3. The molecule has 2 atom stereocenters. The molecule has 178 valence electrons. The van der Waals surface area contributed by atoms with Gasteiger partial charge in [-0.05, 0) is 53.1 Å². The topological polar surface area (TPSA) is 136 Å². The number of amides is 1. The monoisotopic (exact) mass is 469 g/mol. The first-order valence-electron chi connectivity index (χ1n) is 12.0. The molecular weight excluding hydrogens is 442 g/mol. The standard InChI is InChI=1S/C25H27N9O/c1-2-3-8-22-27-25(14-13-19(15-25)28-31-26)24(35)34(22)16-17-9-11-18(12-10-17)20-6-4-5-7-21(20)23-29-32-33-30-23/h4-7,9-12,19H,2-3,8,13-16H2,1H3,(H,29,30,32,33). The van der Waals surface area contributed by atoms with Crippen molar-refractivity contribution in [3.05, 3.63) is 64.5 Å². The zero-order valence-electron chi connectivity index (χ0n) is 19.6. The molecule has 3 aromatic rings. The van der Waals surface area contributed by atoms with Crippen LogP contribution < -0.4 is 0 Å². The van der Waals surface area contributed by atoms with Gasteiger partial charge in [0.2, 0.25) is 5.82 Å². The predicted molar refractivity (Wildman–Crippen MR) is 132 cm³/mol. The van der Waals surface area contributed by atoms with Crippen molar-refractivity contribution in [2.75, 3.05) is 0 Å². The van der Waals surface area contributed by atoms with Gasteiger partial charge in [-0.1, -0.05) is 67.0 Å². The number of H-pyrrole nitrogens is 1. The van der Waals surface area contributed by atoms with E-state index in [1.54, 1.807) is 0 Å². The number of aliphatic imine (C=N–C) groups is 1. The summed E-state index contributed by atoms with van der Waals surface area (Å²) in [6, 6.07) is 16.0. The smallest absolute Gasteiger partial charge is 0.256 e. The first kappa shape index (κ1) is 22.7. The van der Waals surface area contributed by atoms with Gasteiger partial charge in [-0.25, -0.2) is 0 Å². The molecule has 2 unspecified atom stereocenters. The second-order valence-corrected chi connectivity index (χ2v) is 9.13. The number of carbonyl (C=O) groups is 1. The minimum Gasteiger partial charge on any atom is -0.294 e. The molecular formula is C25H27N9O. The fourth-order valence-electron chi connectivity index (χ4n) is 5.06. The predicted octanol–water partition coefficient (Wildman–Crippen LogP) is 5.07. The number of amidine groups is 1. The molecule has 2 heterocycles. The molecule has 1 saturated carbocycles. The number of aromatic amines is 1. The van der Waals surface area contributed by atoms with Gasteiger partial charge in [0.15, 0.2) is 0 Å². The van der Waals surface area contributed by atoms with Crippen LogP contribution >= 0.6 is 0 Å². The average Bonchev–Trinajstić information content (AvgIpc) is 3.61. The number of unbranched alkanes of at least 4 members (excludes halogenated alkanes) is 1. The van der Waals surface area contributed by atoms with E-state index in [2.05, 4.69) is 61.8 Å². The van der Waals surface area contributed by atoms with Gasteiger partial charge < -0.3 is 0 Å². The molecule has 2 aliphatic rings. The molecule has 10 nitrogen and oxygen atoms in total. The maximum Gasteiger partial charge on any atom is 0.256 e. The number of benzene rings is 2. The number of carbonyl (C=O) groups excluding carboxylic acids is 1. The fraction of sp³-hybridized carbons (Fsp3) is 0.400. The Bertz CT molecular complexity index is 1280. The van der Waals surface area contributed by atoms with Crippen LogP contribution in [0.25, 0.3) is 33.0 Å². The highest BCUT2D eigenvalue weighted by Gasteiger charge is 2.52. The maximum atomic E-state index is 13.6. The summed E-state index contributed by atoms with van der Waals surface area (Å²) in [7, 11) is 0. The number of hydrogen-bond donors (Lipinski definition) is 1. The lowest BCUT2D eigenvalue weighted by molar-refractivity contribution is -0.131. The van der Waals surface area contributed by atoms with E-state index in [9.17, 15) is 4.79 Å². The summed E-state index contributed by atoms with van der Waals surface area (Å²) < 4.78 is 0. The Morgan fingerprint density at radius 3 is 2.71 bits per heavy atom. The second-order valence-electron chi connectivity index (χ2n) is 9.13. The third-order valence-electron chi connectivity index (χ3n) is 6.85. The van der Waals surface area contributed by atoms with Crippen LogP contribution in [0.2, 0.25) is 0 Å². The van der Waals surface area contributed by atoms with Crippen LogP contribution in [0.3, 0.4) is 0 Å². The summed E-state index contributed by atoms with van der Waals surface area (Å²) in [6.45, 7) is 2.61. The van der Waals surface area contributed by atoms with Crippen LogP contribution in [-0.4, -0.2) is 48.8 Å². The third kappa shape index (κ3) is 4.40. The summed E-state index contributed by atoms with van der Waals surface area (Å²) in [5.41, 5.74) is 12.0. The number of nitrogens with zero attached hydrogens (tertiary/aromatic N) is 8. The van der Waals surface area contributed by atoms with Crippen LogP contribution in [0.1, 0.15) is 51.0 Å². The van der Waals surface area contributed by atoms with Crippen molar-refractivity contribution in [2.24, 2.45) is 10.1 Å². The molecule has 1 aromatic heterocycles. The highest BCUT2D eigenvalue weighted by molar-refractivity contribution is 6.08. The van der Waals surface area contributed by atoms with E-state index in [1.807, 2.05) is 29.2 Å². The van der Waals surface area contributed by atoms with E-state index in [0.717, 1.165) is 47.4 Å². The van der Waals surface area contributed by atoms with E-state index in [4.69, 9.17) is 10.5 Å². The number of rotatable bonds is 8. The third-order valence-corrected chi connectivity index (χ3v) is 6.85. The molecule has 1 fully saturated rings. The lowest BCUT2D eigenvalue weighted by atomic mass is 9.97. The van der Waals surface area contributed by atoms with Crippen molar-refractivity contribution in [3.8, 4) is 22.5 Å². The van der Waals surface area contributed by atoms with E-state index in [0.29, 0.717) is 31.6 Å². The number of aromatic nitrogens is 4. The minimum absolute atomic E-state index is 0.0331. The Morgan fingerprint density at radius 2 is 2.00 bits per heavy atom. The van der Waals surface area contributed by atoms with Crippen LogP contribution in [0.4, 0.5) is 0 Å². The van der Waals surface area contributed by atoms with Gasteiger partial charge in [-0.15, -0.1) is 10.2 Å². The average molecular weight is 470 g/mol. The van der Waals surface area contributed by atoms with Gasteiger partial charge in [-0.3, -0.25) is 14.7 Å². The molecule has 0 bridgehead atoms. The number of tetrazole rings is 1. The van der Waals surface area contributed by atoms with Crippen LogP contribution in [0.5, 0.6) is 0 Å². The van der Waals surface area contributed by atoms with Crippen LogP contribution in [-0.2, 0) is 11.3 Å². The first-order valence-corrected chi connectivity index (χ1v) is 12.0. The van der Waals surface area contributed by atoms with Gasteiger partial charge in [0, 0.05) is 22.9 Å². The minimum atomic E-state index is -0.772. The SMILES string of the molecule is CCCCC1=NC2(CCC(N=[N+]=[N-])C2)C(=O)N1Cc1ccc(-c2ccccc2-c2nn[nH]n2)cc1. The molecule has 5 rings (SSSR count). The molecule has 0 saturated heterocycles. The molecule has 0 radical (unpaired) electrons. The molecule has 1 aliphatic heterocycles. The summed E-state index contributed by atoms with van der Waals surface area (Å²) >= 11 is 0. The van der Waals surface area contributed by atoms with Crippen molar-refractivity contribution < 1.29 is 4.79 Å². The molecule has 1 amide bonds. The maximum absolute atomic E-state index is 13.6. The van der Waals surface area contributed by atoms with Gasteiger partial charge in [0.1, 0.15) is 11.4 Å². The Hall–Kier alpha value is -4.04. The van der Waals surface area contributed by atoms with Crippen LogP contribution in [0, 0.1) is 0 Å². The van der Waals surface area contributed by atoms with E-state index >= 15 is 0 Å². The van der Waals surface area contributed by atoms with Crippen molar-refractivity contribution in [1.29, 1.82) is 0 Å². The lowest BCUT2D eigenvalue weighted by Gasteiger charge is -2.23. The van der Waals surface area contributed by atoms with Crippen molar-refractivity contribution in [3.63, 3.8) is 0 Å². The Kier molecular flexibility index (Phi) is 6.29. The van der Waals surface area contributed by atoms with E-state index in [-0.39, 0.29) is 11.9 Å². The van der Waals surface area contributed by atoms with Gasteiger partial charge >= 0.3 is 0 Å². The van der Waals surface area contributed by atoms with Gasteiger partial charge in [-0.2, -0.15) is 5.21 Å². The normalized spacial score (nSPS) is 21.4. The Balaban J connectivity index is 1.38. The summed E-state index contributed by atoms with van der Waals surface area (Å²) in [4.78, 5) is 23.3. The largest absolute Gasteiger partial charge is 0.294 e. The summed E-state index contributed by atoms with van der Waals surface area (Å²) in [5.74, 6) is 1.43. The van der Waals surface area contributed by atoms with Crippen molar-refractivity contribution in [1.82, 2.24) is 25.5 Å². The number of nitrogens with one attached hydrogen (secondary N) is 1. The molecule has 2 aromatic carbocycles.